The minimum atomic E-state index is -0.438. The van der Waals surface area contributed by atoms with E-state index in [9.17, 15) is 4.79 Å². The standard InChI is InChI=1S/C9H12O3S2/c1-4-7(10)11-5-6-9(2,3)14-8(13)12-6/h4,6H,1,5H2,2-3H3. The summed E-state index contributed by atoms with van der Waals surface area (Å²) in [5, 5.41) is 0. The van der Waals surface area contributed by atoms with Crippen molar-refractivity contribution < 1.29 is 14.3 Å². The van der Waals surface area contributed by atoms with Crippen molar-refractivity contribution >= 4 is 34.3 Å². The third-order valence-corrected chi connectivity index (χ3v) is 3.30. The third kappa shape index (κ3) is 2.72. The number of esters is 1. The number of thiocarbonyl (C=S) groups is 1. The van der Waals surface area contributed by atoms with Crippen LogP contribution in [-0.2, 0) is 14.3 Å². The van der Waals surface area contributed by atoms with E-state index in [1.807, 2.05) is 13.8 Å². The molecular weight excluding hydrogens is 220 g/mol. The van der Waals surface area contributed by atoms with E-state index in [0.29, 0.717) is 4.38 Å². The minimum absolute atomic E-state index is 0.140. The Morgan fingerprint density at radius 1 is 1.86 bits per heavy atom. The van der Waals surface area contributed by atoms with Gasteiger partial charge in [-0.05, 0) is 26.1 Å². The summed E-state index contributed by atoms with van der Waals surface area (Å²) >= 11 is 6.42. The van der Waals surface area contributed by atoms with Gasteiger partial charge in [-0.3, -0.25) is 0 Å². The molecule has 1 aliphatic rings. The van der Waals surface area contributed by atoms with E-state index in [1.54, 1.807) is 0 Å². The fourth-order valence-corrected chi connectivity index (χ4v) is 2.62. The fraction of sp³-hybridized carbons (Fsp3) is 0.556. The van der Waals surface area contributed by atoms with Crippen molar-refractivity contribution in [3.8, 4) is 0 Å². The molecule has 1 unspecified atom stereocenters. The highest BCUT2D eigenvalue weighted by Crippen LogP contribution is 2.39. The number of carbonyl (C=O) groups is 1. The number of thioether (sulfide) groups is 1. The monoisotopic (exact) mass is 232 g/mol. The van der Waals surface area contributed by atoms with Crippen molar-refractivity contribution in [1.82, 2.24) is 0 Å². The molecule has 1 fully saturated rings. The Hall–Kier alpha value is -0.550. The highest BCUT2D eigenvalue weighted by Gasteiger charge is 2.41. The van der Waals surface area contributed by atoms with Crippen LogP contribution in [0.2, 0.25) is 0 Å². The fourth-order valence-electron chi connectivity index (χ4n) is 1.01. The second kappa shape index (κ2) is 4.31. The average Bonchev–Trinajstić information content (AvgIpc) is 2.35. The molecule has 0 aromatic rings. The largest absolute Gasteiger partial charge is 0.470 e. The molecule has 1 saturated heterocycles. The molecule has 1 heterocycles. The van der Waals surface area contributed by atoms with Crippen LogP contribution in [0.1, 0.15) is 13.8 Å². The summed E-state index contributed by atoms with van der Waals surface area (Å²) in [6.07, 6.45) is 0.955. The van der Waals surface area contributed by atoms with Gasteiger partial charge in [0.15, 0.2) is 0 Å². The average molecular weight is 232 g/mol. The zero-order chi connectivity index (χ0) is 10.8. The molecule has 0 N–H and O–H groups in total. The maximum Gasteiger partial charge on any atom is 0.330 e. The van der Waals surface area contributed by atoms with Crippen molar-refractivity contribution in [2.75, 3.05) is 6.61 Å². The molecular formula is C9H12O3S2. The van der Waals surface area contributed by atoms with E-state index in [2.05, 4.69) is 6.58 Å². The summed E-state index contributed by atoms with van der Waals surface area (Å²) in [4.78, 5) is 10.8. The molecule has 1 atom stereocenters. The summed E-state index contributed by atoms with van der Waals surface area (Å²) in [6, 6.07) is 0. The Morgan fingerprint density at radius 3 is 2.93 bits per heavy atom. The first-order valence-corrected chi connectivity index (χ1v) is 5.37. The summed E-state index contributed by atoms with van der Waals surface area (Å²) in [7, 11) is 0. The molecule has 0 aromatic heterocycles. The summed E-state index contributed by atoms with van der Waals surface area (Å²) in [5.74, 6) is -0.438. The Bertz CT molecular complexity index is 273. The summed E-state index contributed by atoms with van der Waals surface area (Å²) in [5.41, 5.74) is 0. The number of rotatable bonds is 3. The number of hydrogen-bond acceptors (Lipinski definition) is 5. The maximum absolute atomic E-state index is 10.8. The van der Waals surface area contributed by atoms with Crippen molar-refractivity contribution in [2.24, 2.45) is 0 Å². The van der Waals surface area contributed by atoms with Gasteiger partial charge in [0.1, 0.15) is 12.7 Å². The van der Waals surface area contributed by atoms with Crippen molar-refractivity contribution in [3.05, 3.63) is 12.7 Å². The van der Waals surface area contributed by atoms with Crippen LogP contribution in [0.3, 0.4) is 0 Å². The smallest absolute Gasteiger partial charge is 0.330 e. The van der Waals surface area contributed by atoms with Crippen molar-refractivity contribution in [3.63, 3.8) is 0 Å². The van der Waals surface area contributed by atoms with Crippen LogP contribution in [-0.4, -0.2) is 27.8 Å². The third-order valence-electron chi connectivity index (χ3n) is 1.90. The maximum atomic E-state index is 10.8. The Morgan fingerprint density at radius 2 is 2.50 bits per heavy atom. The van der Waals surface area contributed by atoms with Crippen LogP contribution in [0, 0.1) is 0 Å². The zero-order valence-corrected chi connectivity index (χ0v) is 9.74. The minimum Gasteiger partial charge on any atom is -0.470 e. The molecule has 78 valence electrons. The molecule has 5 heteroatoms. The van der Waals surface area contributed by atoms with Crippen LogP contribution >= 0.6 is 24.0 Å². The highest BCUT2D eigenvalue weighted by molar-refractivity contribution is 8.23. The lowest BCUT2D eigenvalue weighted by Crippen LogP contribution is -2.34. The zero-order valence-electron chi connectivity index (χ0n) is 8.11. The first-order chi connectivity index (χ1) is 6.45. The lowest BCUT2D eigenvalue weighted by molar-refractivity contribution is -0.140. The van der Waals surface area contributed by atoms with Gasteiger partial charge in [-0.2, -0.15) is 0 Å². The Labute approximate surface area is 92.8 Å². The van der Waals surface area contributed by atoms with Gasteiger partial charge in [-0.15, -0.1) is 0 Å². The lowest BCUT2D eigenvalue weighted by atomic mass is 10.1. The number of ether oxygens (including phenoxy) is 2. The molecule has 0 radical (unpaired) electrons. The van der Waals surface area contributed by atoms with Crippen LogP contribution in [0.25, 0.3) is 0 Å². The van der Waals surface area contributed by atoms with Gasteiger partial charge < -0.3 is 9.47 Å². The van der Waals surface area contributed by atoms with Gasteiger partial charge in [0, 0.05) is 6.08 Å². The quantitative estimate of drug-likeness (QED) is 0.422. The van der Waals surface area contributed by atoms with Gasteiger partial charge in [-0.25, -0.2) is 4.79 Å². The molecule has 0 spiro atoms. The molecule has 1 aliphatic heterocycles. The van der Waals surface area contributed by atoms with Crippen LogP contribution in [0.15, 0.2) is 12.7 Å². The molecule has 0 amide bonds. The molecule has 1 rings (SSSR count). The van der Waals surface area contributed by atoms with Gasteiger partial charge in [0.05, 0.1) is 4.75 Å². The highest BCUT2D eigenvalue weighted by atomic mass is 32.2. The van der Waals surface area contributed by atoms with Crippen LogP contribution < -0.4 is 0 Å². The van der Waals surface area contributed by atoms with Crippen LogP contribution in [0.4, 0.5) is 0 Å². The molecule has 0 aromatic carbocycles. The first kappa shape index (κ1) is 11.5. The van der Waals surface area contributed by atoms with Gasteiger partial charge in [-0.1, -0.05) is 18.3 Å². The normalized spacial score (nSPS) is 24.1. The van der Waals surface area contributed by atoms with E-state index < -0.39 is 5.97 Å². The van der Waals surface area contributed by atoms with Gasteiger partial charge in [0.2, 0.25) is 4.38 Å². The topological polar surface area (TPSA) is 35.5 Å². The predicted octanol–water partition coefficient (Wildman–Crippen LogP) is 1.91. The van der Waals surface area contributed by atoms with E-state index in [4.69, 9.17) is 21.7 Å². The molecule has 0 aliphatic carbocycles. The molecule has 0 bridgehead atoms. The van der Waals surface area contributed by atoms with Crippen molar-refractivity contribution in [2.45, 2.75) is 24.7 Å². The van der Waals surface area contributed by atoms with E-state index in [1.165, 1.54) is 11.8 Å². The summed E-state index contributed by atoms with van der Waals surface area (Å²) in [6.45, 7) is 7.53. The predicted molar refractivity (Wildman–Crippen MR) is 60.3 cm³/mol. The molecule has 14 heavy (non-hydrogen) atoms. The molecule has 0 saturated carbocycles. The van der Waals surface area contributed by atoms with E-state index in [-0.39, 0.29) is 17.5 Å². The first-order valence-electron chi connectivity index (χ1n) is 4.14. The van der Waals surface area contributed by atoms with Crippen LogP contribution in [0.5, 0.6) is 0 Å². The summed E-state index contributed by atoms with van der Waals surface area (Å²) < 4.78 is 10.6. The second-order valence-electron chi connectivity index (χ2n) is 3.40. The molecule has 3 nitrogen and oxygen atoms in total. The number of hydrogen-bond donors (Lipinski definition) is 0. The Balaban J connectivity index is 2.49. The van der Waals surface area contributed by atoms with Crippen molar-refractivity contribution in [1.29, 1.82) is 0 Å². The van der Waals surface area contributed by atoms with E-state index in [0.717, 1.165) is 6.08 Å². The van der Waals surface area contributed by atoms with Gasteiger partial charge in [0.25, 0.3) is 0 Å². The van der Waals surface area contributed by atoms with Gasteiger partial charge >= 0.3 is 5.97 Å². The second-order valence-corrected chi connectivity index (χ2v) is 5.65. The number of carbonyl (C=O) groups excluding carboxylic acids is 1. The Kier molecular flexibility index (Phi) is 3.55. The SMILES string of the molecule is C=CC(=O)OCC1OC(=S)SC1(C)C. The lowest BCUT2D eigenvalue weighted by Gasteiger charge is -2.21. The van der Waals surface area contributed by atoms with E-state index >= 15 is 0 Å².